The van der Waals surface area contributed by atoms with Crippen LogP contribution < -0.4 is 5.84 Å². The van der Waals surface area contributed by atoms with Crippen LogP contribution >= 0.6 is 0 Å². The van der Waals surface area contributed by atoms with Crippen molar-refractivity contribution in [2.24, 2.45) is 22.8 Å². The van der Waals surface area contributed by atoms with Crippen LogP contribution in [0.1, 0.15) is 52.9 Å². The number of rotatable bonds is 5. The zero-order valence-corrected chi connectivity index (χ0v) is 11.3. The van der Waals surface area contributed by atoms with Crippen LogP contribution in [0.5, 0.6) is 0 Å². The lowest BCUT2D eigenvalue weighted by atomic mass is 9.89. The van der Waals surface area contributed by atoms with E-state index in [9.17, 15) is 5.11 Å². The number of hydrogen-bond donors (Lipinski definition) is 2. The second-order valence-electron chi connectivity index (χ2n) is 5.51. The topological polar surface area (TPSA) is 58.6 Å². The van der Waals surface area contributed by atoms with Gasteiger partial charge in [-0.15, -0.1) is 0 Å². The normalized spacial score (nSPS) is 27.4. The quantitative estimate of drug-likeness (QED) is 0.439. The number of nitrogens with zero attached hydrogens (tertiary/aromatic N) is 1. The molecule has 17 heavy (non-hydrogen) atoms. The Labute approximate surface area is 105 Å². The first-order chi connectivity index (χ1) is 8.02. The molecule has 0 heterocycles. The van der Waals surface area contributed by atoms with Crippen molar-refractivity contribution in [1.82, 2.24) is 0 Å². The molecule has 0 bridgehead atoms. The third kappa shape index (κ3) is 4.90. The molecule has 3 nitrogen and oxygen atoms in total. The van der Waals surface area contributed by atoms with Crippen molar-refractivity contribution in [3.05, 3.63) is 11.6 Å². The molecular formula is C14H26N2O. The van der Waals surface area contributed by atoms with Gasteiger partial charge in [-0.05, 0) is 57.8 Å². The molecule has 1 rings (SSSR count). The van der Waals surface area contributed by atoms with E-state index in [2.05, 4.69) is 25.0 Å². The summed E-state index contributed by atoms with van der Waals surface area (Å²) in [5.41, 5.74) is 2.46. The molecule has 3 atom stereocenters. The Morgan fingerprint density at radius 2 is 2.29 bits per heavy atom. The number of nitrogens with two attached hydrogens (primary N) is 1. The largest absolute Gasteiger partial charge is 0.393 e. The fourth-order valence-corrected chi connectivity index (χ4v) is 2.59. The molecule has 1 aliphatic carbocycles. The van der Waals surface area contributed by atoms with Crippen molar-refractivity contribution in [2.75, 3.05) is 0 Å². The number of aliphatic hydroxyl groups excluding tert-OH is 1. The Kier molecular flexibility index (Phi) is 5.69. The van der Waals surface area contributed by atoms with E-state index in [1.165, 1.54) is 17.7 Å². The third-order valence-corrected chi connectivity index (χ3v) is 3.74. The van der Waals surface area contributed by atoms with E-state index < -0.39 is 0 Å². The second-order valence-corrected chi connectivity index (χ2v) is 5.51. The molecule has 0 aromatic rings. The van der Waals surface area contributed by atoms with Gasteiger partial charge in [-0.2, -0.15) is 5.10 Å². The Bertz CT molecular complexity index is 295. The molecular weight excluding hydrogens is 212 g/mol. The summed E-state index contributed by atoms with van der Waals surface area (Å²) in [4.78, 5) is 0. The van der Waals surface area contributed by atoms with E-state index >= 15 is 0 Å². The average molecular weight is 238 g/mol. The molecule has 1 fully saturated rings. The zero-order chi connectivity index (χ0) is 12.8. The van der Waals surface area contributed by atoms with Crippen LogP contribution in [0.4, 0.5) is 0 Å². The summed E-state index contributed by atoms with van der Waals surface area (Å²) in [5, 5.41) is 13.1. The predicted octanol–water partition coefficient (Wildman–Crippen LogP) is 2.84. The van der Waals surface area contributed by atoms with Crippen LogP contribution in [0.2, 0.25) is 0 Å². The van der Waals surface area contributed by atoms with Gasteiger partial charge in [-0.3, -0.25) is 0 Å². The van der Waals surface area contributed by atoms with Crippen molar-refractivity contribution in [2.45, 2.75) is 59.0 Å². The van der Waals surface area contributed by atoms with E-state index in [-0.39, 0.29) is 6.10 Å². The average Bonchev–Trinajstić information content (AvgIpc) is 2.73. The summed E-state index contributed by atoms with van der Waals surface area (Å²) in [7, 11) is 0. The smallest absolute Gasteiger partial charge is 0.0549 e. The van der Waals surface area contributed by atoms with Crippen LogP contribution in [0, 0.1) is 11.8 Å². The number of hydrazone groups is 1. The number of hydrogen-bond acceptors (Lipinski definition) is 3. The predicted molar refractivity (Wildman–Crippen MR) is 72.8 cm³/mol. The first-order valence-corrected chi connectivity index (χ1v) is 6.62. The molecule has 0 saturated heterocycles. The van der Waals surface area contributed by atoms with Crippen molar-refractivity contribution in [3.63, 3.8) is 0 Å². The van der Waals surface area contributed by atoms with Gasteiger partial charge in [0.2, 0.25) is 0 Å². The maximum atomic E-state index is 9.30. The van der Waals surface area contributed by atoms with E-state index in [1.54, 1.807) is 0 Å². The van der Waals surface area contributed by atoms with Gasteiger partial charge in [-0.1, -0.05) is 18.6 Å². The Hall–Kier alpha value is -0.830. The second kappa shape index (κ2) is 6.80. The lowest BCUT2D eigenvalue weighted by Gasteiger charge is -2.17. The molecule has 0 aromatic carbocycles. The van der Waals surface area contributed by atoms with Gasteiger partial charge in [-0.25, -0.2) is 0 Å². The van der Waals surface area contributed by atoms with E-state index in [0.717, 1.165) is 31.6 Å². The molecule has 0 radical (unpaired) electrons. The van der Waals surface area contributed by atoms with Gasteiger partial charge in [0.15, 0.2) is 0 Å². The third-order valence-electron chi connectivity index (χ3n) is 3.74. The highest BCUT2D eigenvalue weighted by Gasteiger charge is 2.24. The van der Waals surface area contributed by atoms with Crippen LogP contribution in [0.25, 0.3) is 0 Å². The zero-order valence-electron chi connectivity index (χ0n) is 11.3. The Morgan fingerprint density at radius 3 is 2.82 bits per heavy atom. The maximum Gasteiger partial charge on any atom is 0.0549 e. The van der Waals surface area contributed by atoms with Crippen molar-refractivity contribution in [3.8, 4) is 0 Å². The minimum Gasteiger partial charge on any atom is -0.393 e. The fourth-order valence-electron chi connectivity index (χ4n) is 2.59. The molecule has 98 valence electrons. The molecule has 0 spiro atoms. The van der Waals surface area contributed by atoms with Gasteiger partial charge < -0.3 is 10.9 Å². The summed E-state index contributed by atoms with van der Waals surface area (Å²) >= 11 is 0. The van der Waals surface area contributed by atoms with Crippen LogP contribution in [-0.2, 0) is 0 Å². The maximum absolute atomic E-state index is 9.30. The van der Waals surface area contributed by atoms with Crippen molar-refractivity contribution < 1.29 is 5.11 Å². The molecule has 3 heteroatoms. The highest BCUT2D eigenvalue weighted by atomic mass is 16.3. The van der Waals surface area contributed by atoms with Gasteiger partial charge >= 0.3 is 0 Å². The van der Waals surface area contributed by atoms with Crippen LogP contribution in [0.15, 0.2) is 16.8 Å². The molecule has 0 aromatic heterocycles. The van der Waals surface area contributed by atoms with Gasteiger partial charge in [0.1, 0.15) is 0 Å². The van der Waals surface area contributed by atoms with Crippen molar-refractivity contribution >= 4 is 5.71 Å². The highest BCUT2D eigenvalue weighted by Crippen LogP contribution is 2.31. The molecule has 0 aliphatic heterocycles. The van der Waals surface area contributed by atoms with Crippen LogP contribution in [-0.4, -0.2) is 16.9 Å². The SMILES string of the molecule is C/C(=C\CC(C)C1CC/C(=N\N)C1)CC(C)O. The monoisotopic (exact) mass is 238 g/mol. The van der Waals surface area contributed by atoms with Gasteiger partial charge in [0.05, 0.1) is 6.10 Å². The highest BCUT2D eigenvalue weighted by molar-refractivity contribution is 5.86. The van der Waals surface area contributed by atoms with E-state index in [1.807, 2.05) is 6.92 Å². The molecule has 1 saturated carbocycles. The molecule has 1 aliphatic rings. The summed E-state index contributed by atoms with van der Waals surface area (Å²) in [6, 6.07) is 0. The minimum absolute atomic E-state index is 0.232. The summed E-state index contributed by atoms with van der Waals surface area (Å²) in [6.07, 6.45) is 7.29. The summed E-state index contributed by atoms with van der Waals surface area (Å²) < 4.78 is 0. The van der Waals surface area contributed by atoms with E-state index in [4.69, 9.17) is 5.84 Å². The molecule has 0 amide bonds. The summed E-state index contributed by atoms with van der Waals surface area (Å²) in [5.74, 6) is 6.73. The lowest BCUT2D eigenvalue weighted by Crippen LogP contribution is -2.08. The van der Waals surface area contributed by atoms with Crippen LogP contribution in [0.3, 0.4) is 0 Å². The number of aliphatic hydroxyl groups is 1. The molecule has 3 unspecified atom stereocenters. The molecule has 3 N–H and O–H groups in total. The van der Waals surface area contributed by atoms with Gasteiger partial charge in [0.25, 0.3) is 0 Å². The minimum atomic E-state index is -0.232. The summed E-state index contributed by atoms with van der Waals surface area (Å²) in [6.45, 7) is 6.23. The first kappa shape index (κ1) is 14.2. The van der Waals surface area contributed by atoms with Crippen molar-refractivity contribution in [1.29, 1.82) is 0 Å². The lowest BCUT2D eigenvalue weighted by molar-refractivity contribution is 0.195. The Balaban J connectivity index is 2.37. The Morgan fingerprint density at radius 1 is 1.59 bits per heavy atom. The number of allylic oxidation sites excluding steroid dienone is 1. The van der Waals surface area contributed by atoms with Gasteiger partial charge in [0, 0.05) is 5.71 Å². The standard InChI is InChI=1S/C14H26N2O/c1-10(8-12(3)17)4-5-11(2)13-6-7-14(9-13)16-15/h4,11-13,17H,5-9,15H2,1-3H3/b10-4+,16-14+. The fraction of sp³-hybridized carbons (Fsp3) is 0.786. The van der Waals surface area contributed by atoms with E-state index in [0.29, 0.717) is 5.92 Å². The first-order valence-electron chi connectivity index (χ1n) is 6.62.